The van der Waals surface area contributed by atoms with E-state index in [0.29, 0.717) is 0 Å². The van der Waals surface area contributed by atoms with Gasteiger partial charge in [0.05, 0.1) is 5.56 Å². The van der Waals surface area contributed by atoms with E-state index in [1.165, 1.54) is 36.0 Å². The predicted octanol–water partition coefficient (Wildman–Crippen LogP) is 3.55. The van der Waals surface area contributed by atoms with Crippen molar-refractivity contribution >= 4 is 16.9 Å². The monoisotopic (exact) mass is 310 g/mol. The van der Waals surface area contributed by atoms with Crippen molar-refractivity contribution in [1.29, 1.82) is 0 Å². The van der Waals surface area contributed by atoms with E-state index in [1.807, 2.05) is 0 Å². The minimum absolute atomic E-state index is 0.0721. The average Bonchev–Trinajstić information content (AvgIpc) is 2.99. The molecule has 1 aromatic carbocycles. The summed E-state index contributed by atoms with van der Waals surface area (Å²) in [5.74, 6) is -1.11. The number of aromatic nitrogens is 2. The Morgan fingerprint density at radius 2 is 2.05 bits per heavy atom. The highest BCUT2D eigenvalue weighted by atomic mass is 19.4. The molecule has 22 heavy (non-hydrogen) atoms. The molecule has 3 aromatic rings. The Hall–Kier alpha value is -2.77. The molecule has 8 heteroatoms. The highest BCUT2D eigenvalue weighted by molar-refractivity contribution is 5.89. The van der Waals surface area contributed by atoms with Crippen LogP contribution in [0.25, 0.3) is 22.4 Å². The van der Waals surface area contributed by atoms with Gasteiger partial charge in [-0.15, -0.1) is 0 Å². The Morgan fingerprint density at radius 1 is 1.32 bits per heavy atom. The number of furan rings is 1. The van der Waals surface area contributed by atoms with Crippen LogP contribution in [0.15, 0.2) is 34.7 Å². The molecule has 0 aliphatic rings. The first kappa shape index (κ1) is 14.2. The second kappa shape index (κ2) is 4.62. The van der Waals surface area contributed by atoms with Crippen molar-refractivity contribution in [1.82, 2.24) is 9.78 Å². The lowest BCUT2D eigenvalue weighted by Crippen LogP contribution is -2.04. The first-order chi connectivity index (χ1) is 10.3. The summed E-state index contributed by atoms with van der Waals surface area (Å²) >= 11 is 0. The second-order valence-corrected chi connectivity index (χ2v) is 4.67. The Morgan fingerprint density at radius 3 is 2.64 bits per heavy atom. The summed E-state index contributed by atoms with van der Waals surface area (Å²) in [6.45, 7) is 0. The number of carbonyl (C=O) groups is 1. The van der Waals surface area contributed by atoms with Crippen LogP contribution in [0, 0.1) is 0 Å². The van der Waals surface area contributed by atoms with E-state index in [4.69, 9.17) is 9.52 Å². The molecule has 0 aliphatic heterocycles. The summed E-state index contributed by atoms with van der Waals surface area (Å²) in [6.07, 6.45) is -4.50. The van der Waals surface area contributed by atoms with E-state index in [1.54, 1.807) is 0 Å². The molecule has 5 nitrogen and oxygen atoms in total. The molecule has 0 saturated heterocycles. The molecule has 0 spiro atoms. The fourth-order valence-electron chi connectivity index (χ4n) is 2.24. The van der Waals surface area contributed by atoms with Crippen molar-refractivity contribution in [2.75, 3.05) is 0 Å². The predicted molar refractivity (Wildman–Crippen MR) is 70.4 cm³/mol. The number of fused-ring (bicyclic) bond motifs is 1. The number of hydrogen-bond acceptors (Lipinski definition) is 3. The molecule has 0 atom stereocenters. The number of rotatable bonds is 2. The smallest absolute Gasteiger partial charge is 0.417 e. The molecule has 0 amide bonds. The molecular formula is C14H9F3N2O3. The van der Waals surface area contributed by atoms with Crippen LogP contribution >= 0.6 is 0 Å². The second-order valence-electron chi connectivity index (χ2n) is 4.67. The number of aromatic carboxylic acids is 1. The topological polar surface area (TPSA) is 68.3 Å². The van der Waals surface area contributed by atoms with Gasteiger partial charge < -0.3 is 9.52 Å². The van der Waals surface area contributed by atoms with Gasteiger partial charge in [0, 0.05) is 18.5 Å². The van der Waals surface area contributed by atoms with E-state index in [2.05, 4.69) is 5.10 Å². The highest BCUT2D eigenvalue weighted by Gasteiger charge is 2.33. The molecule has 0 radical (unpaired) electrons. The molecule has 1 N–H and O–H groups in total. The van der Waals surface area contributed by atoms with Gasteiger partial charge in [-0.3, -0.25) is 4.68 Å². The van der Waals surface area contributed by atoms with Crippen LogP contribution in [-0.2, 0) is 13.2 Å². The largest absolute Gasteiger partial charge is 0.476 e. The quantitative estimate of drug-likeness (QED) is 0.786. The number of alkyl halides is 3. The lowest BCUT2D eigenvalue weighted by atomic mass is 10.1. The summed E-state index contributed by atoms with van der Waals surface area (Å²) in [5, 5.41) is 12.6. The Balaban J connectivity index is 2.19. The van der Waals surface area contributed by atoms with E-state index >= 15 is 0 Å². The number of halogens is 3. The maximum Gasteiger partial charge on any atom is 0.417 e. The third kappa shape index (κ3) is 2.22. The van der Waals surface area contributed by atoms with Crippen LogP contribution in [0.2, 0.25) is 0 Å². The molecule has 0 aliphatic carbocycles. The minimum Gasteiger partial charge on any atom is -0.476 e. The molecular weight excluding hydrogens is 301 g/mol. The van der Waals surface area contributed by atoms with Crippen molar-refractivity contribution in [3.05, 3.63) is 41.6 Å². The number of nitrogens with zero attached hydrogens (tertiary/aromatic N) is 2. The Labute approximate surface area is 121 Å². The van der Waals surface area contributed by atoms with E-state index < -0.39 is 17.7 Å². The summed E-state index contributed by atoms with van der Waals surface area (Å²) in [4.78, 5) is 10.9. The van der Waals surface area contributed by atoms with Gasteiger partial charge in [0.25, 0.3) is 0 Å². The van der Waals surface area contributed by atoms with E-state index in [0.717, 1.165) is 6.07 Å². The van der Waals surface area contributed by atoms with Crippen LogP contribution < -0.4 is 0 Å². The fraction of sp³-hybridized carbons (Fsp3) is 0.143. The lowest BCUT2D eigenvalue weighted by Gasteiger charge is -2.06. The molecule has 3 rings (SSSR count). The highest BCUT2D eigenvalue weighted by Crippen LogP contribution is 2.38. The van der Waals surface area contributed by atoms with Crippen molar-refractivity contribution in [2.24, 2.45) is 7.05 Å². The number of hydrogen-bond donors (Lipinski definition) is 1. The van der Waals surface area contributed by atoms with Gasteiger partial charge in [-0.05, 0) is 18.2 Å². The van der Waals surface area contributed by atoms with Crippen molar-refractivity contribution in [2.45, 2.75) is 6.18 Å². The molecule has 0 bridgehead atoms. The molecule has 0 saturated carbocycles. The van der Waals surface area contributed by atoms with Gasteiger partial charge in [-0.25, -0.2) is 4.79 Å². The third-order valence-corrected chi connectivity index (χ3v) is 3.22. The first-order valence-electron chi connectivity index (χ1n) is 6.15. The van der Waals surface area contributed by atoms with Gasteiger partial charge >= 0.3 is 12.1 Å². The first-order valence-corrected chi connectivity index (χ1v) is 6.15. The Kier molecular flexibility index (Phi) is 2.98. The van der Waals surface area contributed by atoms with E-state index in [9.17, 15) is 18.0 Å². The third-order valence-electron chi connectivity index (χ3n) is 3.22. The van der Waals surface area contributed by atoms with Crippen LogP contribution in [0.4, 0.5) is 13.2 Å². The SMILES string of the molecule is Cn1nc(C(=O)O)cc1-c1cc2c(C(F)(F)F)cccc2o1. The van der Waals surface area contributed by atoms with Crippen molar-refractivity contribution in [3.63, 3.8) is 0 Å². The molecule has 0 fully saturated rings. The van der Waals surface area contributed by atoms with Crippen LogP contribution in [0.1, 0.15) is 16.1 Å². The Bertz CT molecular complexity index is 877. The number of carboxylic acid groups (broad SMARTS) is 1. The molecule has 2 aromatic heterocycles. The van der Waals surface area contributed by atoms with Gasteiger partial charge in [-0.2, -0.15) is 18.3 Å². The summed E-state index contributed by atoms with van der Waals surface area (Å²) in [7, 11) is 1.49. The maximum atomic E-state index is 13.0. The zero-order valence-corrected chi connectivity index (χ0v) is 11.2. The van der Waals surface area contributed by atoms with Gasteiger partial charge in [0.2, 0.25) is 0 Å². The van der Waals surface area contributed by atoms with Gasteiger partial charge in [0.1, 0.15) is 11.3 Å². The van der Waals surface area contributed by atoms with E-state index in [-0.39, 0.29) is 28.1 Å². The fourth-order valence-corrected chi connectivity index (χ4v) is 2.24. The number of benzene rings is 1. The van der Waals surface area contributed by atoms with Crippen molar-refractivity contribution in [3.8, 4) is 11.5 Å². The molecule has 0 unspecified atom stereocenters. The van der Waals surface area contributed by atoms with Crippen LogP contribution in [-0.4, -0.2) is 20.9 Å². The van der Waals surface area contributed by atoms with Crippen molar-refractivity contribution < 1.29 is 27.5 Å². The molecule has 114 valence electrons. The summed E-state index contributed by atoms with van der Waals surface area (Å²) in [5.41, 5.74) is -0.667. The maximum absolute atomic E-state index is 13.0. The summed E-state index contributed by atoms with van der Waals surface area (Å²) < 4.78 is 45.6. The minimum atomic E-state index is -4.50. The zero-order chi connectivity index (χ0) is 16.1. The summed E-state index contributed by atoms with van der Waals surface area (Å²) in [6, 6.07) is 6.12. The van der Waals surface area contributed by atoms with Crippen LogP contribution in [0.3, 0.4) is 0 Å². The molecule has 2 heterocycles. The average molecular weight is 310 g/mol. The number of carboxylic acids is 1. The standard InChI is InChI=1S/C14H9F3N2O3/c1-19-10(6-9(18-19)13(20)21)12-5-7-8(14(15,16)17)3-2-4-11(7)22-12/h2-6H,1H3,(H,20,21). The van der Waals surface area contributed by atoms with Gasteiger partial charge in [0.15, 0.2) is 11.5 Å². The number of aryl methyl sites for hydroxylation is 1. The zero-order valence-electron chi connectivity index (χ0n) is 11.2. The van der Waals surface area contributed by atoms with Gasteiger partial charge in [-0.1, -0.05) is 6.07 Å². The lowest BCUT2D eigenvalue weighted by molar-refractivity contribution is -0.136. The normalized spacial score (nSPS) is 12.0. The van der Waals surface area contributed by atoms with Crippen LogP contribution in [0.5, 0.6) is 0 Å².